The molecule has 0 aliphatic heterocycles. The molecule has 2 heterocycles. The van der Waals surface area contributed by atoms with Gasteiger partial charge in [0.15, 0.2) is 4.34 Å². The van der Waals surface area contributed by atoms with Gasteiger partial charge in [-0.15, -0.1) is 10.2 Å². The number of H-pyrrole nitrogens is 1. The molecule has 2 aromatic rings. The van der Waals surface area contributed by atoms with Crippen molar-refractivity contribution in [2.45, 2.75) is 17.2 Å². The van der Waals surface area contributed by atoms with Gasteiger partial charge in [-0.25, -0.2) is 0 Å². The van der Waals surface area contributed by atoms with E-state index in [1.807, 2.05) is 12.4 Å². The fraction of sp³-hybridized carbons (Fsp3) is 0.375. The van der Waals surface area contributed by atoms with E-state index < -0.39 is 0 Å². The fourth-order valence-electron chi connectivity index (χ4n) is 1.13. The molecule has 2 aromatic heterocycles. The van der Waals surface area contributed by atoms with Crippen molar-refractivity contribution < 1.29 is 0 Å². The van der Waals surface area contributed by atoms with Gasteiger partial charge >= 0.3 is 0 Å². The number of anilines is 1. The van der Waals surface area contributed by atoms with E-state index in [2.05, 4.69) is 20.4 Å². The molecule has 0 unspecified atom stereocenters. The maximum absolute atomic E-state index is 5.48. The Morgan fingerprint density at radius 1 is 1.47 bits per heavy atom. The first-order valence-corrected chi connectivity index (χ1v) is 6.34. The first kappa shape index (κ1) is 10.4. The zero-order valence-electron chi connectivity index (χ0n) is 8.01. The number of hydrogen-bond donors (Lipinski definition) is 2. The minimum atomic E-state index is 0.535. The normalized spacial score (nSPS) is 10.7. The molecule has 15 heavy (non-hydrogen) atoms. The van der Waals surface area contributed by atoms with Gasteiger partial charge in [0.25, 0.3) is 0 Å². The number of nitrogens with zero attached hydrogens (tertiary/aromatic N) is 3. The van der Waals surface area contributed by atoms with Gasteiger partial charge in [0.05, 0.1) is 6.20 Å². The quantitative estimate of drug-likeness (QED) is 0.613. The Hall–Kier alpha value is -1.08. The first-order valence-electron chi connectivity index (χ1n) is 4.54. The summed E-state index contributed by atoms with van der Waals surface area (Å²) in [6, 6.07) is 0. The molecule has 0 aliphatic carbocycles. The third-order valence-corrected chi connectivity index (χ3v) is 3.78. The second-order valence-electron chi connectivity index (χ2n) is 2.96. The summed E-state index contributed by atoms with van der Waals surface area (Å²) in [5.74, 6) is 1.03. The summed E-state index contributed by atoms with van der Waals surface area (Å²) < 4.78 is 0.944. The number of aromatic amines is 1. The van der Waals surface area contributed by atoms with Crippen LogP contribution in [0.2, 0.25) is 0 Å². The Morgan fingerprint density at radius 2 is 2.40 bits per heavy atom. The molecule has 0 atom stereocenters. The number of rotatable bonds is 5. The summed E-state index contributed by atoms with van der Waals surface area (Å²) in [6.07, 6.45) is 5.92. The first-order chi connectivity index (χ1) is 7.34. The van der Waals surface area contributed by atoms with Crippen molar-refractivity contribution >= 4 is 28.2 Å². The second kappa shape index (κ2) is 5.13. The Kier molecular flexibility index (Phi) is 3.57. The fourth-order valence-corrected chi connectivity index (χ4v) is 2.77. The molecule has 0 saturated carbocycles. The van der Waals surface area contributed by atoms with Crippen LogP contribution in [0.15, 0.2) is 16.7 Å². The lowest BCUT2D eigenvalue weighted by Crippen LogP contribution is -1.85. The van der Waals surface area contributed by atoms with Gasteiger partial charge in [-0.05, 0) is 18.4 Å². The number of aromatic nitrogens is 4. The smallest absolute Gasteiger partial charge is 0.203 e. The highest BCUT2D eigenvalue weighted by atomic mass is 32.2. The minimum Gasteiger partial charge on any atom is -0.374 e. The van der Waals surface area contributed by atoms with Crippen molar-refractivity contribution in [2.75, 3.05) is 11.5 Å². The van der Waals surface area contributed by atoms with Crippen LogP contribution < -0.4 is 5.73 Å². The monoisotopic (exact) mass is 241 g/mol. The van der Waals surface area contributed by atoms with Crippen LogP contribution in [-0.4, -0.2) is 26.1 Å². The molecule has 3 N–H and O–H groups in total. The highest BCUT2D eigenvalue weighted by molar-refractivity contribution is 8.01. The van der Waals surface area contributed by atoms with Crippen LogP contribution in [0.5, 0.6) is 0 Å². The van der Waals surface area contributed by atoms with Crippen LogP contribution in [0, 0.1) is 0 Å². The van der Waals surface area contributed by atoms with Crippen LogP contribution in [-0.2, 0) is 6.42 Å². The molecule has 7 heteroatoms. The molecule has 0 bridgehead atoms. The maximum atomic E-state index is 5.48. The standard InChI is InChI=1S/C8H11N5S2/c9-7-12-13-8(15-7)14-3-1-2-6-4-10-11-5-6/h4-5H,1-3H2,(H2,9,12)(H,10,11). The van der Waals surface area contributed by atoms with Gasteiger partial charge in [-0.1, -0.05) is 23.1 Å². The van der Waals surface area contributed by atoms with Gasteiger partial charge < -0.3 is 5.73 Å². The topological polar surface area (TPSA) is 80.5 Å². The van der Waals surface area contributed by atoms with E-state index in [4.69, 9.17) is 5.73 Å². The van der Waals surface area contributed by atoms with Gasteiger partial charge in [0.1, 0.15) is 0 Å². The largest absolute Gasteiger partial charge is 0.374 e. The summed E-state index contributed by atoms with van der Waals surface area (Å²) in [5, 5.41) is 14.9. The van der Waals surface area contributed by atoms with Gasteiger partial charge in [0.2, 0.25) is 5.13 Å². The highest BCUT2D eigenvalue weighted by Crippen LogP contribution is 2.24. The predicted octanol–water partition coefficient (Wildman–Crippen LogP) is 1.57. The number of nitrogens with two attached hydrogens (primary N) is 1. The van der Waals surface area contributed by atoms with Crippen molar-refractivity contribution in [2.24, 2.45) is 0 Å². The highest BCUT2D eigenvalue weighted by Gasteiger charge is 2.01. The van der Waals surface area contributed by atoms with E-state index >= 15 is 0 Å². The van der Waals surface area contributed by atoms with E-state index in [1.54, 1.807) is 11.8 Å². The summed E-state index contributed by atoms with van der Waals surface area (Å²) in [7, 11) is 0. The summed E-state index contributed by atoms with van der Waals surface area (Å²) in [4.78, 5) is 0. The van der Waals surface area contributed by atoms with Crippen molar-refractivity contribution in [1.82, 2.24) is 20.4 Å². The maximum Gasteiger partial charge on any atom is 0.203 e. The third-order valence-electron chi connectivity index (χ3n) is 1.81. The molecule has 0 fully saturated rings. The molecule has 5 nitrogen and oxygen atoms in total. The lowest BCUT2D eigenvalue weighted by molar-refractivity contribution is 0.930. The van der Waals surface area contributed by atoms with Crippen molar-refractivity contribution in [3.05, 3.63) is 18.0 Å². The van der Waals surface area contributed by atoms with E-state index in [1.165, 1.54) is 16.9 Å². The Balaban J connectivity index is 1.67. The minimum absolute atomic E-state index is 0.535. The Morgan fingerprint density at radius 3 is 3.07 bits per heavy atom. The average molecular weight is 241 g/mol. The zero-order valence-corrected chi connectivity index (χ0v) is 9.64. The number of aryl methyl sites for hydroxylation is 1. The molecule has 0 amide bonds. The third kappa shape index (κ3) is 3.21. The molecule has 0 radical (unpaired) electrons. The van der Waals surface area contributed by atoms with E-state index in [9.17, 15) is 0 Å². The van der Waals surface area contributed by atoms with E-state index in [0.717, 1.165) is 22.9 Å². The molecule has 0 aliphatic rings. The number of hydrogen-bond acceptors (Lipinski definition) is 6. The van der Waals surface area contributed by atoms with Gasteiger partial charge in [0, 0.05) is 11.9 Å². The number of nitrogens with one attached hydrogen (secondary N) is 1. The Labute approximate surface area is 95.5 Å². The van der Waals surface area contributed by atoms with Crippen LogP contribution in [0.25, 0.3) is 0 Å². The Bertz CT molecular complexity index is 397. The zero-order chi connectivity index (χ0) is 10.5. The van der Waals surface area contributed by atoms with Crippen LogP contribution in [0.1, 0.15) is 12.0 Å². The second-order valence-corrected chi connectivity index (χ2v) is 5.32. The summed E-state index contributed by atoms with van der Waals surface area (Å²) >= 11 is 3.13. The summed E-state index contributed by atoms with van der Waals surface area (Å²) in [6.45, 7) is 0. The van der Waals surface area contributed by atoms with Crippen LogP contribution in [0.3, 0.4) is 0 Å². The number of thioether (sulfide) groups is 1. The molecular weight excluding hydrogens is 230 g/mol. The number of nitrogen functional groups attached to an aromatic ring is 1. The van der Waals surface area contributed by atoms with E-state index in [-0.39, 0.29) is 0 Å². The molecule has 0 saturated heterocycles. The lowest BCUT2D eigenvalue weighted by Gasteiger charge is -1.95. The van der Waals surface area contributed by atoms with Crippen molar-refractivity contribution in [3.63, 3.8) is 0 Å². The predicted molar refractivity (Wildman–Crippen MR) is 62.0 cm³/mol. The molecule has 0 spiro atoms. The molecule has 2 rings (SSSR count). The molecular formula is C8H11N5S2. The summed E-state index contributed by atoms with van der Waals surface area (Å²) in [5.41, 5.74) is 6.72. The van der Waals surface area contributed by atoms with Crippen molar-refractivity contribution in [3.8, 4) is 0 Å². The van der Waals surface area contributed by atoms with E-state index in [0.29, 0.717) is 5.13 Å². The van der Waals surface area contributed by atoms with Crippen LogP contribution in [0.4, 0.5) is 5.13 Å². The lowest BCUT2D eigenvalue weighted by atomic mass is 10.2. The SMILES string of the molecule is Nc1nnc(SCCCc2cn[nH]c2)s1. The molecule has 0 aromatic carbocycles. The van der Waals surface area contributed by atoms with Crippen LogP contribution >= 0.6 is 23.1 Å². The van der Waals surface area contributed by atoms with Gasteiger partial charge in [-0.2, -0.15) is 5.10 Å². The van der Waals surface area contributed by atoms with Crippen molar-refractivity contribution in [1.29, 1.82) is 0 Å². The molecule has 80 valence electrons. The average Bonchev–Trinajstić information content (AvgIpc) is 2.84. The van der Waals surface area contributed by atoms with Gasteiger partial charge in [-0.3, -0.25) is 5.10 Å².